The number of carbonyl (C=O) groups excluding carboxylic acids is 1. The fourth-order valence-corrected chi connectivity index (χ4v) is 2.08. The van der Waals surface area contributed by atoms with E-state index in [1.54, 1.807) is 0 Å². The molecule has 1 aliphatic carbocycles. The summed E-state index contributed by atoms with van der Waals surface area (Å²) in [5.74, 6) is 0.176. The van der Waals surface area contributed by atoms with E-state index in [9.17, 15) is 4.79 Å². The average molecular weight is 226 g/mol. The fraction of sp³-hybridized carbons (Fsp3) is 0.917. The minimum atomic E-state index is 0.0676. The van der Waals surface area contributed by atoms with Crippen molar-refractivity contribution in [2.45, 2.75) is 50.6 Å². The van der Waals surface area contributed by atoms with E-state index in [1.807, 2.05) is 0 Å². The van der Waals surface area contributed by atoms with E-state index in [4.69, 9.17) is 4.74 Å². The molecule has 0 radical (unpaired) electrons. The van der Waals surface area contributed by atoms with Crippen molar-refractivity contribution in [3.05, 3.63) is 0 Å². The van der Waals surface area contributed by atoms with E-state index in [0.29, 0.717) is 12.5 Å². The molecule has 0 aromatic carbocycles. The SMILES string of the molecule is CC1(NCCC(=O)NC2CC2)CCCOC1. The standard InChI is InChI=1S/C12H22N2O2/c1-12(6-2-8-16-9-12)13-7-5-11(15)14-10-3-4-10/h10,13H,2-9H2,1H3,(H,14,15). The number of rotatable bonds is 5. The van der Waals surface area contributed by atoms with Crippen molar-refractivity contribution in [1.29, 1.82) is 0 Å². The average Bonchev–Trinajstić information content (AvgIpc) is 3.02. The number of ether oxygens (including phenoxy) is 1. The molecular weight excluding hydrogens is 204 g/mol. The predicted molar refractivity (Wildman–Crippen MR) is 62.2 cm³/mol. The van der Waals surface area contributed by atoms with Gasteiger partial charge in [0.2, 0.25) is 5.91 Å². The third-order valence-corrected chi connectivity index (χ3v) is 3.28. The summed E-state index contributed by atoms with van der Waals surface area (Å²) in [5.41, 5.74) is 0.0676. The molecular formula is C12H22N2O2. The quantitative estimate of drug-likeness (QED) is 0.729. The van der Waals surface area contributed by atoms with E-state index >= 15 is 0 Å². The minimum absolute atomic E-state index is 0.0676. The molecule has 2 N–H and O–H groups in total. The van der Waals surface area contributed by atoms with Crippen molar-refractivity contribution in [3.8, 4) is 0 Å². The molecule has 4 nitrogen and oxygen atoms in total. The lowest BCUT2D eigenvalue weighted by atomic mass is 9.95. The van der Waals surface area contributed by atoms with Crippen LogP contribution in [0, 0.1) is 0 Å². The molecule has 1 atom stereocenters. The van der Waals surface area contributed by atoms with Gasteiger partial charge >= 0.3 is 0 Å². The molecule has 2 rings (SSSR count). The van der Waals surface area contributed by atoms with Gasteiger partial charge in [-0.3, -0.25) is 4.79 Å². The molecule has 92 valence electrons. The minimum Gasteiger partial charge on any atom is -0.380 e. The lowest BCUT2D eigenvalue weighted by molar-refractivity contribution is -0.121. The molecule has 0 bridgehead atoms. The summed E-state index contributed by atoms with van der Waals surface area (Å²) >= 11 is 0. The van der Waals surface area contributed by atoms with Gasteiger partial charge in [0, 0.05) is 31.2 Å². The first-order chi connectivity index (χ1) is 7.68. The smallest absolute Gasteiger partial charge is 0.221 e. The molecule has 16 heavy (non-hydrogen) atoms. The number of carbonyl (C=O) groups is 1. The van der Waals surface area contributed by atoms with Crippen molar-refractivity contribution in [3.63, 3.8) is 0 Å². The Morgan fingerprint density at radius 1 is 1.50 bits per heavy atom. The van der Waals surface area contributed by atoms with Gasteiger partial charge in [0.15, 0.2) is 0 Å². The highest BCUT2D eigenvalue weighted by atomic mass is 16.5. The van der Waals surface area contributed by atoms with Crippen LogP contribution in [-0.2, 0) is 9.53 Å². The second kappa shape index (κ2) is 5.15. The summed E-state index contributed by atoms with van der Waals surface area (Å²) in [5, 5.41) is 6.43. The molecule has 1 saturated heterocycles. The molecule has 1 unspecified atom stereocenters. The second-order valence-corrected chi connectivity index (χ2v) is 5.24. The van der Waals surface area contributed by atoms with Crippen LogP contribution in [0.4, 0.5) is 0 Å². The van der Waals surface area contributed by atoms with Crippen molar-refractivity contribution < 1.29 is 9.53 Å². The van der Waals surface area contributed by atoms with Gasteiger partial charge in [-0.25, -0.2) is 0 Å². The fourth-order valence-electron chi connectivity index (χ4n) is 2.08. The monoisotopic (exact) mass is 226 g/mol. The van der Waals surface area contributed by atoms with Crippen LogP contribution in [0.5, 0.6) is 0 Å². The highest BCUT2D eigenvalue weighted by Gasteiger charge is 2.27. The van der Waals surface area contributed by atoms with E-state index < -0.39 is 0 Å². The Labute approximate surface area is 97.1 Å². The summed E-state index contributed by atoms with van der Waals surface area (Å²) in [6, 6.07) is 0.473. The van der Waals surface area contributed by atoms with E-state index in [0.717, 1.165) is 45.4 Å². The summed E-state index contributed by atoms with van der Waals surface area (Å²) in [6.07, 6.45) is 5.14. The van der Waals surface area contributed by atoms with Crippen LogP contribution < -0.4 is 10.6 Å². The van der Waals surface area contributed by atoms with Gasteiger partial charge in [-0.05, 0) is 32.6 Å². The van der Waals surface area contributed by atoms with Gasteiger partial charge in [-0.1, -0.05) is 0 Å². The van der Waals surface area contributed by atoms with Crippen molar-refractivity contribution in [2.75, 3.05) is 19.8 Å². The van der Waals surface area contributed by atoms with Gasteiger partial charge in [0.25, 0.3) is 0 Å². The summed E-state index contributed by atoms with van der Waals surface area (Å²) in [7, 11) is 0. The number of amides is 1. The molecule has 1 aliphatic heterocycles. The van der Waals surface area contributed by atoms with Crippen LogP contribution in [0.2, 0.25) is 0 Å². The lowest BCUT2D eigenvalue weighted by Crippen LogP contribution is -2.49. The lowest BCUT2D eigenvalue weighted by Gasteiger charge is -2.34. The molecule has 0 aromatic heterocycles. The first kappa shape index (κ1) is 11.9. The van der Waals surface area contributed by atoms with Crippen LogP contribution in [0.25, 0.3) is 0 Å². The van der Waals surface area contributed by atoms with Gasteiger partial charge < -0.3 is 15.4 Å². The molecule has 1 amide bonds. The van der Waals surface area contributed by atoms with E-state index in [-0.39, 0.29) is 11.4 Å². The molecule has 0 aromatic rings. The van der Waals surface area contributed by atoms with Gasteiger partial charge in [-0.2, -0.15) is 0 Å². The molecule has 0 spiro atoms. The Hall–Kier alpha value is -0.610. The predicted octanol–water partition coefficient (Wildman–Crippen LogP) is 0.814. The number of nitrogens with one attached hydrogen (secondary N) is 2. The van der Waals surface area contributed by atoms with Crippen molar-refractivity contribution in [1.82, 2.24) is 10.6 Å². The number of hydrogen-bond acceptors (Lipinski definition) is 3. The number of hydrogen-bond donors (Lipinski definition) is 2. The van der Waals surface area contributed by atoms with E-state index in [1.165, 1.54) is 0 Å². The summed E-state index contributed by atoms with van der Waals surface area (Å²) < 4.78 is 5.45. The zero-order valence-electron chi connectivity index (χ0n) is 10.1. The Morgan fingerprint density at radius 3 is 2.94 bits per heavy atom. The normalized spacial score (nSPS) is 30.1. The second-order valence-electron chi connectivity index (χ2n) is 5.24. The molecule has 2 fully saturated rings. The third-order valence-electron chi connectivity index (χ3n) is 3.28. The molecule has 4 heteroatoms. The van der Waals surface area contributed by atoms with Crippen LogP contribution in [0.1, 0.15) is 39.0 Å². The highest BCUT2D eigenvalue weighted by molar-refractivity contribution is 5.76. The zero-order chi connectivity index (χ0) is 11.4. The Bertz CT molecular complexity index is 245. The molecule has 1 saturated carbocycles. The van der Waals surface area contributed by atoms with Gasteiger partial charge in [0.05, 0.1) is 6.61 Å². The van der Waals surface area contributed by atoms with Crippen LogP contribution in [0.15, 0.2) is 0 Å². The Kier molecular flexibility index (Phi) is 3.82. The topological polar surface area (TPSA) is 50.4 Å². The molecule has 1 heterocycles. The first-order valence-electron chi connectivity index (χ1n) is 6.30. The van der Waals surface area contributed by atoms with Crippen molar-refractivity contribution >= 4 is 5.91 Å². The maximum absolute atomic E-state index is 11.5. The zero-order valence-corrected chi connectivity index (χ0v) is 10.1. The summed E-state index contributed by atoms with van der Waals surface area (Å²) in [4.78, 5) is 11.5. The van der Waals surface area contributed by atoms with Crippen molar-refractivity contribution in [2.24, 2.45) is 0 Å². The van der Waals surface area contributed by atoms with E-state index in [2.05, 4.69) is 17.6 Å². The first-order valence-corrected chi connectivity index (χ1v) is 6.30. The highest BCUT2D eigenvalue weighted by Crippen LogP contribution is 2.19. The Balaban J connectivity index is 1.60. The van der Waals surface area contributed by atoms with Gasteiger partial charge in [-0.15, -0.1) is 0 Å². The largest absolute Gasteiger partial charge is 0.380 e. The maximum Gasteiger partial charge on any atom is 0.221 e. The summed E-state index contributed by atoms with van der Waals surface area (Å²) in [6.45, 7) is 4.56. The van der Waals surface area contributed by atoms with Crippen LogP contribution in [0.3, 0.4) is 0 Å². The maximum atomic E-state index is 11.5. The van der Waals surface area contributed by atoms with Gasteiger partial charge in [0.1, 0.15) is 0 Å². The van der Waals surface area contributed by atoms with Crippen LogP contribution in [-0.4, -0.2) is 37.2 Å². The Morgan fingerprint density at radius 2 is 2.31 bits per heavy atom. The van der Waals surface area contributed by atoms with Crippen LogP contribution >= 0.6 is 0 Å². The third kappa shape index (κ3) is 3.76. The molecule has 2 aliphatic rings.